The van der Waals surface area contributed by atoms with Crippen molar-refractivity contribution in [3.63, 3.8) is 0 Å². The number of anilines is 2. The molecule has 0 atom stereocenters. The number of aromatic nitrogens is 1. The fourth-order valence-corrected chi connectivity index (χ4v) is 3.05. The van der Waals surface area contributed by atoms with Gasteiger partial charge in [-0.15, -0.1) is 0 Å². The van der Waals surface area contributed by atoms with E-state index in [9.17, 15) is 4.79 Å². The first kappa shape index (κ1) is 17.9. The van der Waals surface area contributed by atoms with Crippen molar-refractivity contribution in [2.24, 2.45) is 0 Å². The lowest BCUT2D eigenvalue weighted by Crippen LogP contribution is -2.26. The molecule has 0 spiro atoms. The third-order valence-corrected chi connectivity index (χ3v) is 4.43. The van der Waals surface area contributed by atoms with Gasteiger partial charge in [0.25, 0.3) is 5.91 Å². The Morgan fingerprint density at radius 1 is 1.04 bits per heavy atom. The van der Waals surface area contributed by atoms with Crippen LogP contribution in [0.2, 0.25) is 0 Å². The number of nitrogens with one attached hydrogen (secondary N) is 1. The van der Waals surface area contributed by atoms with E-state index >= 15 is 0 Å². The molecule has 0 radical (unpaired) electrons. The maximum atomic E-state index is 12.8. The minimum Gasteiger partial charge on any atom is -0.486 e. The molecular formula is C22H21N3O3. The van der Waals surface area contributed by atoms with Gasteiger partial charge in [-0.1, -0.05) is 30.3 Å². The number of carbonyl (C=O) groups is 1. The molecule has 2 aromatic carbocycles. The molecule has 1 N–H and O–H groups in total. The number of pyridine rings is 1. The van der Waals surface area contributed by atoms with Crippen LogP contribution in [0, 0.1) is 0 Å². The van der Waals surface area contributed by atoms with Crippen LogP contribution < -0.4 is 14.8 Å². The molecule has 6 heteroatoms. The van der Waals surface area contributed by atoms with Gasteiger partial charge >= 0.3 is 0 Å². The van der Waals surface area contributed by atoms with E-state index in [1.165, 1.54) is 0 Å². The minimum atomic E-state index is -0.0588. The van der Waals surface area contributed by atoms with Gasteiger partial charge in [-0.25, -0.2) is 4.98 Å². The Kier molecular flexibility index (Phi) is 5.10. The van der Waals surface area contributed by atoms with Gasteiger partial charge in [0.1, 0.15) is 19.0 Å². The monoisotopic (exact) mass is 375 g/mol. The Morgan fingerprint density at radius 2 is 1.82 bits per heavy atom. The molecule has 0 bridgehead atoms. The van der Waals surface area contributed by atoms with Gasteiger partial charge in [-0.05, 0) is 29.8 Å². The van der Waals surface area contributed by atoms with Gasteiger partial charge in [-0.3, -0.25) is 4.79 Å². The molecule has 3 aromatic rings. The van der Waals surface area contributed by atoms with E-state index in [2.05, 4.69) is 10.3 Å². The lowest BCUT2D eigenvalue weighted by molar-refractivity contribution is 0.0785. The van der Waals surface area contributed by atoms with Crippen LogP contribution in [-0.4, -0.2) is 36.1 Å². The normalized spacial score (nSPS) is 12.3. The van der Waals surface area contributed by atoms with Crippen LogP contribution in [0.3, 0.4) is 0 Å². The zero-order chi connectivity index (χ0) is 19.3. The number of amides is 1. The van der Waals surface area contributed by atoms with Crippen molar-refractivity contribution < 1.29 is 14.3 Å². The highest BCUT2D eigenvalue weighted by Gasteiger charge is 2.14. The van der Waals surface area contributed by atoms with Crippen LogP contribution in [-0.2, 0) is 6.54 Å². The van der Waals surface area contributed by atoms with Crippen LogP contribution in [0.25, 0.3) is 0 Å². The number of fused-ring (bicyclic) bond motifs is 1. The Labute approximate surface area is 163 Å². The lowest BCUT2D eigenvalue weighted by atomic mass is 10.2. The average Bonchev–Trinajstić information content (AvgIpc) is 2.74. The standard InChI is InChI=1S/C22H21N3O3/c1-25(15-16-5-3-2-4-6-16)22(26)17-9-10-23-21(13-17)24-18-7-8-19-20(14-18)28-12-11-27-19/h2-10,13-14H,11-12,15H2,1H3,(H,23,24). The average molecular weight is 375 g/mol. The summed E-state index contributed by atoms with van der Waals surface area (Å²) in [4.78, 5) is 18.8. The summed E-state index contributed by atoms with van der Waals surface area (Å²) in [7, 11) is 1.80. The van der Waals surface area contributed by atoms with Crippen LogP contribution in [0.4, 0.5) is 11.5 Å². The summed E-state index contributed by atoms with van der Waals surface area (Å²) in [6.45, 7) is 1.64. The number of nitrogens with zero attached hydrogens (tertiary/aromatic N) is 2. The molecule has 0 unspecified atom stereocenters. The number of ether oxygens (including phenoxy) is 2. The molecule has 28 heavy (non-hydrogen) atoms. The third-order valence-electron chi connectivity index (χ3n) is 4.43. The second-order valence-corrected chi connectivity index (χ2v) is 6.56. The molecule has 1 amide bonds. The molecule has 1 aliphatic rings. The smallest absolute Gasteiger partial charge is 0.254 e. The van der Waals surface area contributed by atoms with Crippen molar-refractivity contribution in [3.05, 3.63) is 78.0 Å². The molecule has 0 saturated heterocycles. The Balaban J connectivity index is 1.47. The van der Waals surface area contributed by atoms with E-state index in [0.717, 1.165) is 17.0 Å². The van der Waals surface area contributed by atoms with Crippen LogP contribution in [0.1, 0.15) is 15.9 Å². The van der Waals surface area contributed by atoms with Gasteiger partial charge in [0.2, 0.25) is 0 Å². The second kappa shape index (κ2) is 8.00. The van der Waals surface area contributed by atoms with Gasteiger partial charge in [0.15, 0.2) is 11.5 Å². The summed E-state index contributed by atoms with van der Waals surface area (Å²) < 4.78 is 11.1. The molecule has 6 nitrogen and oxygen atoms in total. The van der Waals surface area contributed by atoms with E-state index in [1.807, 2.05) is 48.5 Å². The Bertz CT molecular complexity index is 976. The largest absolute Gasteiger partial charge is 0.486 e. The lowest BCUT2D eigenvalue weighted by Gasteiger charge is -2.19. The number of hydrogen-bond donors (Lipinski definition) is 1. The Morgan fingerprint density at radius 3 is 2.64 bits per heavy atom. The summed E-state index contributed by atoms with van der Waals surface area (Å²) >= 11 is 0. The zero-order valence-corrected chi connectivity index (χ0v) is 15.6. The highest BCUT2D eigenvalue weighted by Crippen LogP contribution is 2.33. The molecule has 0 aliphatic carbocycles. The maximum absolute atomic E-state index is 12.8. The van der Waals surface area contributed by atoms with Gasteiger partial charge in [-0.2, -0.15) is 0 Å². The summed E-state index contributed by atoms with van der Waals surface area (Å²) in [6.07, 6.45) is 1.63. The first-order chi connectivity index (χ1) is 13.7. The van der Waals surface area contributed by atoms with Gasteiger partial charge in [0, 0.05) is 37.1 Å². The molecule has 4 rings (SSSR count). The topological polar surface area (TPSA) is 63.7 Å². The predicted octanol–water partition coefficient (Wildman–Crippen LogP) is 3.87. The summed E-state index contributed by atoms with van der Waals surface area (Å²) in [6, 6.07) is 19.0. The number of hydrogen-bond acceptors (Lipinski definition) is 5. The molecule has 0 fully saturated rings. The minimum absolute atomic E-state index is 0.0588. The van der Waals surface area contributed by atoms with Crippen molar-refractivity contribution >= 4 is 17.4 Å². The highest BCUT2D eigenvalue weighted by atomic mass is 16.6. The van der Waals surface area contributed by atoms with E-state index in [-0.39, 0.29) is 5.91 Å². The summed E-state index contributed by atoms with van der Waals surface area (Å²) in [5, 5.41) is 3.22. The molecule has 1 aromatic heterocycles. The molecule has 2 heterocycles. The molecule has 0 saturated carbocycles. The Hall–Kier alpha value is -3.54. The predicted molar refractivity (Wildman–Crippen MR) is 107 cm³/mol. The number of rotatable bonds is 5. The summed E-state index contributed by atoms with van der Waals surface area (Å²) in [5.74, 6) is 1.97. The van der Waals surface area contributed by atoms with Crippen LogP contribution in [0.5, 0.6) is 11.5 Å². The van der Waals surface area contributed by atoms with E-state index in [0.29, 0.717) is 36.9 Å². The first-order valence-corrected chi connectivity index (χ1v) is 9.11. The van der Waals surface area contributed by atoms with E-state index in [4.69, 9.17) is 9.47 Å². The number of benzene rings is 2. The third kappa shape index (κ3) is 4.06. The number of carbonyl (C=O) groups excluding carboxylic acids is 1. The first-order valence-electron chi connectivity index (χ1n) is 9.11. The summed E-state index contributed by atoms with van der Waals surface area (Å²) in [5.41, 5.74) is 2.48. The van der Waals surface area contributed by atoms with Gasteiger partial charge < -0.3 is 19.7 Å². The second-order valence-electron chi connectivity index (χ2n) is 6.56. The molecule has 1 aliphatic heterocycles. The van der Waals surface area contributed by atoms with Crippen molar-refractivity contribution in [1.29, 1.82) is 0 Å². The van der Waals surface area contributed by atoms with Crippen molar-refractivity contribution in [3.8, 4) is 11.5 Å². The molecular weight excluding hydrogens is 354 g/mol. The van der Waals surface area contributed by atoms with Gasteiger partial charge in [0.05, 0.1) is 0 Å². The zero-order valence-electron chi connectivity index (χ0n) is 15.6. The van der Waals surface area contributed by atoms with Crippen LogP contribution in [0.15, 0.2) is 66.9 Å². The fraction of sp³-hybridized carbons (Fsp3) is 0.182. The van der Waals surface area contributed by atoms with Crippen molar-refractivity contribution in [2.45, 2.75) is 6.54 Å². The van der Waals surface area contributed by atoms with Crippen molar-refractivity contribution in [2.75, 3.05) is 25.6 Å². The van der Waals surface area contributed by atoms with Crippen molar-refractivity contribution in [1.82, 2.24) is 9.88 Å². The highest BCUT2D eigenvalue weighted by molar-refractivity contribution is 5.94. The van der Waals surface area contributed by atoms with E-state index < -0.39 is 0 Å². The van der Waals surface area contributed by atoms with Crippen LogP contribution >= 0.6 is 0 Å². The SMILES string of the molecule is CN(Cc1ccccc1)C(=O)c1ccnc(Nc2ccc3c(c2)OCCO3)c1. The van der Waals surface area contributed by atoms with E-state index in [1.54, 1.807) is 30.3 Å². The molecule has 142 valence electrons. The fourth-order valence-electron chi connectivity index (χ4n) is 3.05. The maximum Gasteiger partial charge on any atom is 0.254 e. The quantitative estimate of drug-likeness (QED) is 0.733.